The lowest BCUT2D eigenvalue weighted by atomic mass is 9.95. The van der Waals surface area contributed by atoms with Crippen LogP contribution >= 0.6 is 0 Å². The maximum absolute atomic E-state index is 11.2. The van der Waals surface area contributed by atoms with Crippen LogP contribution in [0.2, 0.25) is 0 Å². The average molecular weight is 293 g/mol. The number of hydrogen-bond donors (Lipinski definition) is 2. The minimum absolute atomic E-state index is 0.134. The highest BCUT2D eigenvalue weighted by Crippen LogP contribution is 2.27. The molecule has 0 aliphatic carbocycles. The van der Waals surface area contributed by atoms with Gasteiger partial charge in [0, 0.05) is 24.6 Å². The van der Waals surface area contributed by atoms with Gasteiger partial charge in [0.1, 0.15) is 17.5 Å². The van der Waals surface area contributed by atoms with Crippen LogP contribution in [-0.4, -0.2) is 36.0 Å². The summed E-state index contributed by atoms with van der Waals surface area (Å²) in [5, 5.41) is 3.33. The fourth-order valence-electron chi connectivity index (χ4n) is 1.94. The van der Waals surface area contributed by atoms with E-state index in [4.69, 9.17) is 5.73 Å². The Morgan fingerprint density at radius 3 is 2.43 bits per heavy atom. The van der Waals surface area contributed by atoms with E-state index in [9.17, 15) is 4.79 Å². The van der Waals surface area contributed by atoms with Gasteiger partial charge in [-0.3, -0.25) is 4.79 Å². The lowest BCUT2D eigenvalue weighted by Crippen LogP contribution is -2.32. The van der Waals surface area contributed by atoms with E-state index in [0.29, 0.717) is 0 Å². The third kappa shape index (κ3) is 4.58. The monoisotopic (exact) mass is 293 g/mol. The fraction of sp³-hybridized carbons (Fsp3) is 0.667. The molecular weight excluding hydrogens is 266 g/mol. The third-order valence-corrected chi connectivity index (χ3v) is 3.09. The molecule has 0 fully saturated rings. The van der Waals surface area contributed by atoms with E-state index in [1.165, 1.54) is 0 Å². The van der Waals surface area contributed by atoms with Crippen molar-refractivity contribution >= 4 is 17.5 Å². The Morgan fingerprint density at radius 1 is 1.33 bits per heavy atom. The molecule has 0 bridgehead atoms. The predicted molar refractivity (Wildman–Crippen MR) is 86.7 cm³/mol. The average Bonchev–Trinajstić information content (AvgIpc) is 2.35. The first-order valence-corrected chi connectivity index (χ1v) is 7.29. The Balaban J connectivity index is 3.30. The van der Waals surface area contributed by atoms with Gasteiger partial charge in [-0.25, -0.2) is 9.97 Å². The molecule has 0 radical (unpaired) electrons. The van der Waals surface area contributed by atoms with Crippen molar-refractivity contribution in [1.82, 2.24) is 9.97 Å². The van der Waals surface area contributed by atoms with Crippen molar-refractivity contribution in [2.45, 2.75) is 46.5 Å². The summed E-state index contributed by atoms with van der Waals surface area (Å²) in [6, 6.07) is 0. The van der Waals surface area contributed by atoms with Crippen molar-refractivity contribution in [3.05, 3.63) is 11.4 Å². The van der Waals surface area contributed by atoms with E-state index in [0.717, 1.165) is 36.0 Å². The molecule has 0 aliphatic rings. The number of amides is 1. The Labute approximate surface area is 127 Å². The number of nitrogens with zero attached hydrogens (tertiary/aromatic N) is 3. The lowest BCUT2D eigenvalue weighted by Gasteiger charge is -2.25. The highest BCUT2D eigenvalue weighted by atomic mass is 16.1. The molecule has 0 saturated carbocycles. The molecule has 1 amide bonds. The summed E-state index contributed by atoms with van der Waals surface area (Å²) in [7, 11) is 1.82. The second-order valence-electron chi connectivity index (χ2n) is 6.34. The van der Waals surface area contributed by atoms with E-state index >= 15 is 0 Å². The summed E-state index contributed by atoms with van der Waals surface area (Å²) in [4.78, 5) is 22.2. The summed E-state index contributed by atoms with van der Waals surface area (Å²) in [5.41, 5.74) is 6.05. The van der Waals surface area contributed by atoms with Gasteiger partial charge in [0.25, 0.3) is 0 Å². The van der Waals surface area contributed by atoms with Crippen LogP contribution in [0, 0.1) is 6.92 Å². The van der Waals surface area contributed by atoms with Crippen LogP contribution in [0.4, 0.5) is 11.6 Å². The summed E-state index contributed by atoms with van der Waals surface area (Å²) in [6.45, 7) is 11.2. The van der Waals surface area contributed by atoms with Crippen molar-refractivity contribution in [1.29, 1.82) is 0 Å². The Hall–Kier alpha value is -1.85. The minimum Gasteiger partial charge on any atom is -0.370 e. The summed E-state index contributed by atoms with van der Waals surface area (Å²) >= 11 is 0. The maximum Gasteiger partial charge on any atom is 0.236 e. The maximum atomic E-state index is 11.2. The highest BCUT2D eigenvalue weighted by molar-refractivity contribution is 5.79. The lowest BCUT2D eigenvalue weighted by molar-refractivity contribution is -0.116. The number of likely N-dealkylation sites (N-methyl/N-ethyl adjacent to an activating group) is 1. The third-order valence-electron chi connectivity index (χ3n) is 3.09. The number of carbonyl (C=O) groups excluding carboxylic acids is 1. The van der Waals surface area contributed by atoms with Crippen molar-refractivity contribution in [2.75, 3.05) is 30.4 Å². The van der Waals surface area contributed by atoms with Crippen molar-refractivity contribution in [2.24, 2.45) is 5.73 Å². The van der Waals surface area contributed by atoms with Crippen LogP contribution in [0.25, 0.3) is 0 Å². The fourth-order valence-corrected chi connectivity index (χ4v) is 1.94. The summed E-state index contributed by atoms with van der Waals surface area (Å²) in [5.74, 6) is 1.93. The first-order chi connectivity index (χ1) is 9.66. The quantitative estimate of drug-likeness (QED) is 0.836. The first kappa shape index (κ1) is 17.2. The molecule has 3 N–H and O–H groups in total. The van der Waals surface area contributed by atoms with Crippen molar-refractivity contribution in [3.8, 4) is 0 Å². The van der Waals surface area contributed by atoms with E-state index < -0.39 is 0 Å². The standard InChI is InChI=1S/C15H27N5O/c1-7-8-17-12-10(2)13(20(6)9-11(16)21)19-14(18-12)15(3,4)5/h7-9H2,1-6H3,(H2,16,21)(H,17,18,19). The number of rotatable bonds is 6. The topological polar surface area (TPSA) is 84.1 Å². The highest BCUT2D eigenvalue weighted by Gasteiger charge is 2.22. The number of hydrogen-bond acceptors (Lipinski definition) is 5. The minimum atomic E-state index is -0.379. The number of carbonyl (C=O) groups is 1. The Morgan fingerprint density at radius 2 is 1.95 bits per heavy atom. The molecule has 1 rings (SSSR count). The van der Waals surface area contributed by atoms with Gasteiger partial charge in [-0.05, 0) is 13.3 Å². The second-order valence-corrected chi connectivity index (χ2v) is 6.34. The summed E-state index contributed by atoms with van der Waals surface area (Å²) < 4.78 is 0. The van der Waals surface area contributed by atoms with Crippen LogP contribution in [0.15, 0.2) is 0 Å². The van der Waals surface area contributed by atoms with Gasteiger partial charge in [-0.1, -0.05) is 27.7 Å². The van der Waals surface area contributed by atoms with Gasteiger partial charge in [0.2, 0.25) is 5.91 Å². The van der Waals surface area contributed by atoms with Gasteiger partial charge in [-0.15, -0.1) is 0 Å². The molecule has 6 heteroatoms. The molecule has 118 valence electrons. The van der Waals surface area contributed by atoms with E-state index in [1.54, 1.807) is 4.90 Å². The number of primary amides is 1. The molecule has 0 atom stereocenters. The van der Waals surface area contributed by atoms with E-state index in [2.05, 4.69) is 43.0 Å². The zero-order valence-corrected chi connectivity index (χ0v) is 13.9. The molecule has 0 aliphatic heterocycles. The second kappa shape index (κ2) is 6.74. The van der Waals surface area contributed by atoms with Gasteiger partial charge in [-0.2, -0.15) is 0 Å². The van der Waals surface area contributed by atoms with Crippen LogP contribution in [0.3, 0.4) is 0 Å². The van der Waals surface area contributed by atoms with E-state index in [-0.39, 0.29) is 17.9 Å². The largest absolute Gasteiger partial charge is 0.370 e. The van der Waals surface area contributed by atoms with E-state index in [1.807, 2.05) is 14.0 Å². The summed E-state index contributed by atoms with van der Waals surface area (Å²) in [6.07, 6.45) is 1.01. The smallest absolute Gasteiger partial charge is 0.236 e. The molecule has 1 heterocycles. The molecule has 1 aromatic rings. The zero-order chi connectivity index (χ0) is 16.2. The van der Waals surface area contributed by atoms with Crippen molar-refractivity contribution < 1.29 is 4.79 Å². The molecule has 0 spiro atoms. The van der Waals surface area contributed by atoms with Crippen LogP contribution in [0.1, 0.15) is 45.5 Å². The SMILES string of the molecule is CCCNc1nc(C(C)(C)C)nc(N(C)CC(N)=O)c1C. The van der Waals surface area contributed by atoms with Crippen LogP contribution in [0.5, 0.6) is 0 Å². The zero-order valence-electron chi connectivity index (χ0n) is 13.9. The van der Waals surface area contributed by atoms with Gasteiger partial charge in [0.15, 0.2) is 0 Å². The number of anilines is 2. The normalized spacial score (nSPS) is 11.3. The molecule has 0 unspecified atom stereocenters. The van der Waals surface area contributed by atoms with Crippen molar-refractivity contribution in [3.63, 3.8) is 0 Å². The molecule has 6 nitrogen and oxygen atoms in total. The first-order valence-electron chi connectivity index (χ1n) is 7.29. The van der Waals surface area contributed by atoms with Gasteiger partial charge >= 0.3 is 0 Å². The Kier molecular flexibility index (Phi) is 5.52. The molecule has 1 aromatic heterocycles. The van der Waals surface area contributed by atoms with Gasteiger partial charge < -0.3 is 16.0 Å². The molecular formula is C15H27N5O. The number of aromatic nitrogens is 2. The Bertz CT molecular complexity index is 508. The number of nitrogens with one attached hydrogen (secondary N) is 1. The number of nitrogens with two attached hydrogens (primary N) is 1. The molecule has 21 heavy (non-hydrogen) atoms. The molecule has 0 aromatic carbocycles. The van der Waals surface area contributed by atoms with Crippen LogP contribution < -0.4 is 16.0 Å². The molecule has 0 saturated heterocycles. The van der Waals surface area contributed by atoms with Crippen LogP contribution in [-0.2, 0) is 10.2 Å². The predicted octanol–water partition coefficient (Wildman–Crippen LogP) is 1.83. The van der Waals surface area contributed by atoms with Gasteiger partial charge in [0.05, 0.1) is 6.54 Å².